The average molecular weight is 326 g/mol. The largest absolute Gasteiger partial charge is 0.444 e. The second kappa shape index (κ2) is 5.79. The van der Waals surface area contributed by atoms with Crippen LogP contribution in [0.4, 0.5) is 16.2 Å². The van der Waals surface area contributed by atoms with Gasteiger partial charge in [-0.1, -0.05) is 0 Å². The number of rotatable bonds is 4. The van der Waals surface area contributed by atoms with Gasteiger partial charge in [0.05, 0.1) is 11.9 Å². The lowest BCUT2D eigenvalue weighted by Gasteiger charge is -2.22. The van der Waals surface area contributed by atoms with Gasteiger partial charge < -0.3 is 4.74 Å². The monoisotopic (exact) mass is 326 g/mol. The lowest BCUT2D eigenvalue weighted by Crippen LogP contribution is -2.31. The van der Waals surface area contributed by atoms with Crippen molar-refractivity contribution in [2.75, 3.05) is 15.9 Å². The predicted molar refractivity (Wildman–Crippen MR) is 86.6 cm³/mol. The van der Waals surface area contributed by atoms with Crippen molar-refractivity contribution in [3.8, 4) is 0 Å². The summed E-state index contributed by atoms with van der Waals surface area (Å²) in [6, 6.07) is 6.76. The van der Waals surface area contributed by atoms with Gasteiger partial charge in [-0.3, -0.25) is 9.62 Å². The third-order valence-electron chi connectivity index (χ3n) is 3.00. The van der Waals surface area contributed by atoms with E-state index in [9.17, 15) is 13.2 Å². The molecule has 0 spiro atoms. The first kappa shape index (κ1) is 16.6. The molecule has 1 saturated carbocycles. The van der Waals surface area contributed by atoms with E-state index in [2.05, 4.69) is 5.32 Å². The van der Waals surface area contributed by atoms with E-state index in [0.29, 0.717) is 11.4 Å². The minimum absolute atomic E-state index is 0.0552. The van der Waals surface area contributed by atoms with Crippen molar-refractivity contribution in [2.24, 2.45) is 0 Å². The topological polar surface area (TPSA) is 75.7 Å². The molecule has 1 aliphatic rings. The maximum Gasteiger partial charge on any atom is 0.412 e. The van der Waals surface area contributed by atoms with Crippen LogP contribution in [-0.2, 0) is 14.8 Å². The summed E-state index contributed by atoms with van der Waals surface area (Å²) in [5, 5.41) is 2.62. The van der Waals surface area contributed by atoms with Crippen LogP contribution < -0.4 is 9.62 Å². The van der Waals surface area contributed by atoms with E-state index in [0.717, 1.165) is 12.8 Å². The number of anilines is 2. The van der Waals surface area contributed by atoms with Gasteiger partial charge in [-0.15, -0.1) is 0 Å². The summed E-state index contributed by atoms with van der Waals surface area (Å²) >= 11 is 0. The van der Waals surface area contributed by atoms with Crippen LogP contribution in [0.1, 0.15) is 33.6 Å². The number of nitrogens with one attached hydrogen (secondary N) is 1. The van der Waals surface area contributed by atoms with Crippen LogP contribution in [0.25, 0.3) is 0 Å². The van der Waals surface area contributed by atoms with E-state index in [-0.39, 0.29) is 6.04 Å². The van der Waals surface area contributed by atoms with E-state index in [1.807, 2.05) is 0 Å². The fraction of sp³-hybridized carbons (Fsp3) is 0.533. The molecule has 0 unspecified atom stereocenters. The van der Waals surface area contributed by atoms with Gasteiger partial charge in [-0.25, -0.2) is 13.2 Å². The predicted octanol–water partition coefficient (Wildman–Crippen LogP) is 2.96. The van der Waals surface area contributed by atoms with Crippen molar-refractivity contribution in [3.63, 3.8) is 0 Å². The second-order valence-electron chi connectivity index (χ2n) is 6.46. The van der Waals surface area contributed by atoms with Crippen LogP contribution in [0, 0.1) is 0 Å². The van der Waals surface area contributed by atoms with Crippen molar-refractivity contribution >= 4 is 27.5 Å². The Morgan fingerprint density at radius 3 is 2.18 bits per heavy atom. The summed E-state index contributed by atoms with van der Waals surface area (Å²) in [5.74, 6) is 0. The zero-order valence-corrected chi connectivity index (χ0v) is 14.1. The van der Waals surface area contributed by atoms with Crippen molar-refractivity contribution in [3.05, 3.63) is 24.3 Å². The number of hydrogen-bond donors (Lipinski definition) is 1. The molecule has 0 heterocycles. The third-order valence-corrected chi connectivity index (χ3v) is 4.23. The molecular formula is C15H22N2O4S. The fourth-order valence-corrected chi connectivity index (χ4v) is 3.35. The van der Waals surface area contributed by atoms with Crippen LogP contribution in [0.15, 0.2) is 24.3 Å². The Morgan fingerprint density at radius 1 is 1.23 bits per heavy atom. The first-order valence-electron chi connectivity index (χ1n) is 7.16. The molecule has 1 N–H and O–H groups in total. The Hall–Kier alpha value is -1.76. The highest BCUT2D eigenvalue weighted by molar-refractivity contribution is 7.92. The number of sulfonamides is 1. The fourth-order valence-electron chi connectivity index (χ4n) is 2.10. The number of carbonyl (C=O) groups is 1. The summed E-state index contributed by atoms with van der Waals surface area (Å²) < 4.78 is 30.3. The van der Waals surface area contributed by atoms with Crippen LogP contribution in [0.3, 0.4) is 0 Å². The third kappa shape index (κ3) is 4.62. The molecule has 1 aromatic rings. The first-order chi connectivity index (χ1) is 10.1. The van der Waals surface area contributed by atoms with Gasteiger partial charge in [-0.2, -0.15) is 0 Å². The van der Waals surface area contributed by atoms with Gasteiger partial charge in [0.15, 0.2) is 0 Å². The van der Waals surface area contributed by atoms with E-state index in [1.54, 1.807) is 45.0 Å². The number of ether oxygens (including phenoxy) is 1. The van der Waals surface area contributed by atoms with Crippen molar-refractivity contribution in [1.29, 1.82) is 0 Å². The Kier molecular flexibility index (Phi) is 4.37. The number of nitrogens with zero attached hydrogens (tertiary/aromatic N) is 1. The van der Waals surface area contributed by atoms with Crippen LogP contribution in [0.2, 0.25) is 0 Å². The molecule has 1 fully saturated rings. The molecule has 0 radical (unpaired) electrons. The Balaban J connectivity index is 2.08. The molecule has 6 nitrogen and oxygen atoms in total. The lowest BCUT2D eigenvalue weighted by atomic mass is 10.2. The van der Waals surface area contributed by atoms with Crippen LogP contribution in [-0.4, -0.2) is 32.4 Å². The zero-order valence-electron chi connectivity index (χ0n) is 13.3. The van der Waals surface area contributed by atoms with Gasteiger partial charge in [0.2, 0.25) is 10.0 Å². The standard InChI is InChI=1S/C15H22N2O4S/c1-15(2,3)21-14(18)16-11-5-7-12(8-6-11)17(13-9-10-13)22(4,19)20/h5-8,13H,9-10H2,1-4H3,(H,16,18). The average Bonchev–Trinajstić information content (AvgIpc) is 3.11. The molecule has 0 aliphatic heterocycles. The zero-order chi connectivity index (χ0) is 16.5. The van der Waals surface area contributed by atoms with Gasteiger partial charge in [0.1, 0.15) is 5.60 Å². The molecule has 0 saturated heterocycles. The molecule has 2 rings (SSSR count). The van der Waals surface area contributed by atoms with Gasteiger partial charge in [-0.05, 0) is 57.9 Å². The molecule has 0 aromatic heterocycles. The minimum Gasteiger partial charge on any atom is -0.444 e. The van der Waals surface area contributed by atoms with Crippen LogP contribution in [0.5, 0.6) is 0 Å². The Labute approximate surface area is 131 Å². The van der Waals surface area contributed by atoms with Crippen molar-refractivity contribution in [2.45, 2.75) is 45.3 Å². The Bertz CT molecular complexity index is 643. The maximum atomic E-state index is 11.9. The summed E-state index contributed by atoms with van der Waals surface area (Å²) in [7, 11) is -3.29. The first-order valence-corrected chi connectivity index (χ1v) is 9.00. The molecule has 0 bridgehead atoms. The molecule has 7 heteroatoms. The maximum absolute atomic E-state index is 11.9. The van der Waals surface area contributed by atoms with Crippen molar-refractivity contribution in [1.82, 2.24) is 0 Å². The van der Waals surface area contributed by atoms with E-state index in [4.69, 9.17) is 4.74 Å². The minimum atomic E-state index is -3.29. The van der Waals surface area contributed by atoms with Gasteiger partial charge in [0.25, 0.3) is 0 Å². The molecule has 1 aromatic carbocycles. The van der Waals surface area contributed by atoms with Gasteiger partial charge in [0, 0.05) is 11.7 Å². The molecular weight excluding hydrogens is 304 g/mol. The van der Waals surface area contributed by atoms with E-state index < -0.39 is 21.7 Å². The molecule has 22 heavy (non-hydrogen) atoms. The number of benzene rings is 1. The smallest absolute Gasteiger partial charge is 0.412 e. The molecule has 0 atom stereocenters. The van der Waals surface area contributed by atoms with Gasteiger partial charge >= 0.3 is 6.09 Å². The number of hydrogen-bond acceptors (Lipinski definition) is 4. The number of amides is 1. The quantitative estimate of drug-likeness (QED) is 0.923. The summed E-state index contributed by atoms with van der Waals surface area (Å²) in [6.45, 7) is 5.36. The molecule has 1 amide bonds. The molecule has 122 valence electrons. The summed E-state index contributed by atoms with van der Waals surface area (Å²) in [5.41, 5.74) is 0.602. The molecule has 1 aliphatic carbocycles. The van der Waals surface area contributed by atoms with E-state index >= 15 is 0 Å². The van der Waals surface area contributed by atoms with E-state index in [1.165, 1.54) is 10.6 Å². The van der Waals surface area contributed by atoms with Crippen molar-refractivity contribution < 1.29 is 17.9 Å². The highest BCUT2D eigenvalue weighted by Gasteiger charge is 2.35. The summed E-state index contributed by atoms with van der Waals surface area (Å²) in [4.78, 5) is 11.7. The Morgan fingerprint density at radius 2 is 1.77 bits per heavy atom. The lowest BCUT2D eigenvalue weighted by molar-refractivity contribution is 0.0636. The van der Waals surface area contributed by atoms with Crippen LogP contribution >= 0.6 is 0 Å². The normalized spacial score (nSPS) is 15.3. The summed E-state index contributed by atoms with van der Waals surface area (Å²) in [6.07, 6.45) is 2.43. The SMILES string of the molecule is CC(C)(C)OC(=O)Nc1ccc(N(C2CC2)S(C)(=O)=O)cc1. The highest BCUT2D eigenvalue weighted by atomic mass is 32.2. The second-order valence-corrected chi connectivity index (χ2v) is 8.32. The number of carbonyl (C=O) groups excluding carboxylic acids is 1. The highest BCUT2D eigenvalue weighted by Crippen LogP contribution is 2.34.